The van der Waals surface area contributed by atoms with Gasteiger partial charge in [0.15, 0.2) is 0 Å². The van der Waals surface area contributed by atoms with Crippen LogP contribution in [0.5, 0.6) is 0 Å². The number of carboxylic acids is 9. The van der Waals surface area contributed by atoms with Crippen molar-refractivity contribution in [3.8, 4) is 0 Å². The number of amides is 3. The number of hydrogen-bond acceptors (Lipinski definition) is 19. The van der Waals surface area contributed by atoms with Gasteiger partial charge in [-0.1, -0.05) is 0 Å². The summed E-state index contributed by atoms with van der Waals surface area (Å²) in [4.78, 5) is 148. The molecule has 0 unspecified atom stereocenters. The van der Waals surface area contributed by atoms with E-state index in [2.05, 4.69) is 16.0 Å². The smallest absolute Gasteiger partial charge is 0.317 e. The topological polar surface area (TPSA) is 446 Å². The number of rotatable bonds is 42. The molecule has 0 aromatic rings. The number of carboxylic acid groups (broad SMARTS) is 9. The first-order valence-electron chi connectivity index (χ1n) is 20.2. The number of carbonyl (C=O) groups is 12. The molecule has 0 aromatic heterocycles. The summed E-state index contributed by atoms with van der Waals surface area (Å²) in [5.74, 6) is -14.0. The average molecular weight is 969 g/mol. The lowest BCUT2D eigenvalue weighted by Gasteiger charge is -2.26. The molecule has 0 rings (SSSR count). The molecule has 0 aliphatic rings. The van der Waals surface area contributed by atoms with E-state index in [1.165, 1.54) is 0 Å². The first-order chi connectivity index (χ1) is 31.3. The Bertz CT molecular complexity index is 1470. The molecular weight excluding hydrogens is 908 g/mol. The Morgan fingerprint density at radius 1 is 0.224 bits per heavy atom. The van der Waals surface area contributed by atoms with Crippen LogP contribution in [0.25, 0.3) is 0 Å². The number of aliphatic carboxylic acids is 9. The lowest BCUT2D eigenvalue weighted by molar-refractivity contribution is -0.144. The van der Waals surface area contributed by atoms with Gasteiger partial charge in [0.05, 0.1) is 78.5 Å². The summed E-state index contributed by atoms with van der Waals surface area (Å²) in [6, 6.07) is 0. The highest BCUT2D eigenvalue weighted by molar-refractivity contribution is 5.80. The van der Waals surface area contributed by atoms with Gasteiger partial charge in [0.25, 0.3) is 0 Å². The Kier molecular flexibility index (Phi) is 30.4. The van der Waals surface area contributed by atoms with Gasteiger partial charge in [0, 0.05) is 78.5 Å². The van der Waals surface area contributed by atoms with Crippen molar-refractivity contribution >= 4 is 71.4 Å². The highest BCUT2D eigenvalue weighted by Crippen LogP contribution is 1.98. The van der Waals surface area contributed by atoms with Crippen LogP contribution in [0.4, 0.5) is 0 Å². The normalized spacial score (nSPS) is 11.3. The Morgan fingerprint density at radius 3 is 0.522 bits per heavy atom. The number of hydrogen-bond donors (Lipinski definition) is 12. The van der Waals surface area contributed by atoms with E-state index < -0.39 is 150 Å². The molecule has 0 saturated carbocycles. The molecule has 0 aliphatic carbocycles. The molecule has 0 spiro atoms. The zero-order chi connectivity index (χ0) is 51.1. The number of nitrogens with zero attached hydrogens (tertiary/aromatic N) is 7. The molecule has 3 amide bonds. The molecule has 31 heteroatoms. The van der Waals surface area contributed by atoms with Crippen LogP contribution in [0.3, 0.4) is 0 Å². The summed E-state index contributed by atoms with van der Waals surface area (Å²) >= 11 is 0. The molecular formula is C36H60N10O21. The van der Waals surface area contributed by atoms with Gasteiger partial charge in [-0.15, -0.1) is 0 Å². The van der Waals surface area contributed by atoms with Crippen LogP contribution < -0.4 is 16.0 Å². The van der Waals surface area contributed by atoms with Crippen molar-refractivity contribution in [3.63, 3.8) is 0 Å². The van der Waals surface area contributed by atoms with Crippen molar-refractivity contribution in [2.24, 2.45) is 0 Å². The van der Waals surface area contributed by atoms with Gasteiger partial charge in [-0.2, -0.15) is 0 Å². The molecule has 0 bridgehead atoms. The highest BCUT2D eigenvalue weighted by Gasteiger charge is 2.22. The van der Waals surface area contributed by atoms with E-state index in [0.29, 0.717) is 0 Å². The molecule has 0 fully saturated rings. The van der Waals surface area contributed by atoms with Gasteiger partial charge in [-0.25, -0.2) is 0 Å². The third-order valence-corrected chi connectivity index (χ3v) is 8.78. The van der Waals surface area contributed by atoms with Crippen LogP contribution in [0.15, 0.2) is 0 Å². The monoisotopic (exact) mass is 968 g/mol. The molecule has 0 aliphatic heterocycles. The highest BCUT2D eigenvalue weighted by atomic mass is 16.4. The maximum Gasteiger partial charge on any atom is 0.317 e. The van der Waals surface area contributed by atoms with Crippen LogP contribution in [0.2, 0.25) is 0 Å². The van der Waals surface area contributed by atoms with E-state index >= 15 is 0 Å². The third kappa shape index (κ3) is 35.3. The Balaban J connectivity index is 5.85. The van der Waals surface area contributed by atoms with Gasteiger partial charge in [0.1, 0.15) is 0 Å². The average Bonchev–Trinajstić information content (AvgIpc) is 3.15. The largest absolute Gasteiger partial charge is 0.480 e. The Hall–Kier alpha value is -6.64. The number of nitrogens with one attached hydrogen (secondary N) is 3. The minimum atomic E-state index is -1.33. The second-order valence-corrected chi connectivity index (χ2v) is 14.7. The van der Waals surface area contributed by atoms with E-state index in [9.17, 15) is 72.9 Å². The predicted octanol–water partition coefficient (Wildman–Crippen LogP) is -7.79. The van der Waals surface area contributed by atoms with Crippen molar-refractivity contribution in [2.45, 2.75) is 0 Å². The van der Waals surface area contributed by atoms with Crippen molar-refractivity contribution in [2.75, 3.05) is 157 Å². The van der Waals surface area contributed by atoms with Crippen LogP contribution in [-0.4, -0.2) is 309 Å². The predicted molar refractivity (Wildman–Crippen MR) is 223 cm³/mol. The summed E-state index contributed by atoms with van der Waals surface area (Å²) in [5.41, 5.74) is 0. The fraction of sp³-hybridized carbons (Fsp3) is 0.667. The molecule has 12 N–H and O–H groups in total. The second-order valence-electron chi connectivity index (χ2n) is 14.7. The summed E-state index contributed by atoms with van der Waals surface area (Å²) in [6.45, 7) is -8.93. The van der Waals surface area contributed by atoms with Crippen molar-refractivity contribution in [1.29, 1.82) is 0 Å². The summed E-state index contributed by atoms with van der Waals surface area (Å²) < 4.78 is 0. The van der Waals surface area contributed by atoms with Crippen LogP contribution in [0.1, 0.15) is 0 Å². The Labute approximate surface area is 382 Å². The maximum absolute atomic E-state index is 12.9. The summed E-state index contributed by atoms with van der Waals surface area (Å²) in [6.07, 6.45) is 0. The molecule has 0 aromatic carbocycles. The summed E-state index contributed by atoms with van der Waals surface area (Å²) in [5, 5.41) is 90.3. The van der Waals surface area contributed by atoms with Crippen molar-refractivity contribution < 1.29 is 103 Å². The van der Waals surface area contributed by atoms with Gasteiger partial charge in [0.2, 0.25) is 17.7 Å². The van der Waals surface area contributed by atoms with E-state index in [1.54, 1.807) is 4.90 Å². The lowest BCUT2D eigenvalue weighted by Crippen LogP contribution is -2.48. The standard InChI is InChI=1S/C36H60N10O21/c47-25(13-41(16-28(50)51)7-10-44(19-31(56)57)20-32(58)59)37-1-4-40(5-2-38-26(48)14-42(17-29(52)53)8-11-45(21-33(60)61)22-34(62)63)6-3-39-27(49)15-43(18-30(54)55)9-12-46(23-35(64)65)24-36(66)67/h1-24H2,(H,37,47)(H,38,48)(H,39,49)(H,50,51)(H,52,53)(H,54,55)(H,56,57)(H,58,59)(H,60,61)(H,62,63)(H,64,65)(H,66,67). The molecule has 31 nitrogen and oxygen atoms in total. The molecule has 0 radical (unpaired) electrons. The fourth-order valence-corrected chi connectivity index (χ4v) is 6.03. The minimum Gasteiger partial charge on any atom is -0.480 e. The maximum atomic E-state index is 12.9. The zero-order valence-corrected chi connectivity index (χ0v) is 36.5. The quantitative estimate of drug-likeness (QED) is 0.0270. The van der Waals surface area contributed by atoms with Crippen LogP contribution in [0, 0.1) is 0 Å². The van der Waals surface area contributed by atoms with E-state index in [0.717, 1.165) is 29.4 Å². The van der Waals surface area contributed by atoms with E-state index in [-0.39, 0.29) is 78.5 Å². The summed E-state index contributed by atoms with van der Waals surface area (Å²) in [7, 11) is 0. The van der Waals surface area contributed by atoms with Gasteiger partial charge < -0.3 is 61.9 Å². The SMILES string of the molecule is O=C(O)CN(CCN(CC(=O)O)CC(=O)NCCN(CCNC(=O)CN(CCN(CC(=O)O)CC(=O)O)CC(=O)O)CCNC(=O)CN(CCN(CC(=O)O)CC(=O)O)CC(=O)O)CC(=O)O. The third-order valence-electron chi connectivity index (χ3n) is 8.78. The number of carbonyl (C=O) groups excluding carboxylic acids is 3. The molecule has 0 atom stereocenters. The zero-order valence-electron chi connectivity index (χ0n) is 36.5. The second kappa shape index (κ2) is 33.8. The van der Waals surface area contributed by atoms with Crippen molar-refractivity contribution in [1.82, 2.24) is 50.2 Å². The van der Waals surface area contributed by atoms with E-state index in [4.69, 9.17) is 30.6 Å². The first-order valence-corrected chi connectivity index (χ1v) is 20.2. The molecule has 380 valence electrons. The molecule has 0 heterocycles. The Morgan fingerprint density at radius 2 is 0.373 bits per heavy atom. The van der Waals surface area contributed by atoms with E-state index in [1.807, 2.05) is 0 Å². The van der Waals surface area contributed by atoms with Crippen LogP contribution in [-0.2, 0) is 57.5 Å². The van der Waals surface area contributed by atoms with Crippen LogP contribution >= 0.6 is 0 Å². The lowest BCUT2D eigenvalue weighted by atomic mass is 10.3. The first kappa shape index (κ1) is 60.4. The molecule has 0 saturated heterocycles. The van der Waals surface area contributed by atoms with Gasteiger partial charge in [-0.05, 0) is 0 Å². The van der Waals surface area contributed by atoms with Gasteiger partial charge >= 0.3 is 53.7 Å². The minimum absolute atomic E-state index is 0.0314. The van der Waals surface area contributed by atoms with Gasteiger partial charge in [-0.3, -0.25) is 91.8 Å². The fourth-order valence-electron chi connectivity index (χ4n) is 6.03. The molecule has 67 heavy (non-hydrogen) atoms. The van der Waals surface area contributed by atoms with Crippen molar-refractivity contribution in [3.05, 3.63) is 0 Å².